The van der Waals surface area contributed by atoms with Crippen molar-refractivity contribution in [2.75, 3.05) is 0 Å². The molecule has 2 aromatic rings. The van der Waals surface area contributed by atoms with E-state index in [0.29, 0.717) is 12.4 Å². The molecule has 1 aromatic carbocycles. The molecule has 0 bridgehead atoms. The van der Waals surface area contributed by atoms with E-state index in [1.165, 1.54) is 5.56 Å². The second kappa shape index (κ2) is 4.25. The number of tetrazole rings is 1. The van der Waals surface area contributed by atoms with Crippen molar-refractivity contribution in [3.63, 3.8) is 0 Å². The summed E-state index contributed by atoms with van der Waals surface area (Å²) in [6.45, 7) is 6.82. The molecular weight excluding hydrogens is 214 g/mol. The molecule has 90 valence electrons. The van der Waals surface area contributed by atoms with Crippen molar-refractivity contribution in [3.8, 4) is 5.69 Å². The van der Waals surface area contributed by atoms with Gasteiger partial charge in [0.05, 0.1) is 12.2 Å². The van der Waals surface area contributed by atoms with E-state index in [-0.39, 0.29) is 5.41 Å². The molecule has 0 aliphatic rings. The molecule has 2 rings (SSSR count). The monoisotopic (exact) mass is 231 g/mol. The van der Waals surface area contributed by atoms with Crippen molar-refractivity contribution >= 4 is 0 Å². The van der Waals surface area contributed by atoms with Gasteiger partial charge in [0.15, 0.2) is 5.82 Å². The Bertz CT molecular complexity index is 510. The van der Waals surface area contributed by atoms with Gasteiger partial charge in [-0.2, -0.15) is 4.68 Å². The van der Waals surface area contributed by atoms with Gasteiger partial charge in [0, 0.05) is 0 Å². The topological polar surface area (TPSA) is 69.6 Å². The van der Waals surface area contributed by atoms with Gasteiger partial charge < -0.3 is 5.73 Å². The Balaban J connectivity index is 2.60. The van der Waals surface area contributed by atoms with Gasteiger partial charge in [0.2, 0.25) is 0 Å². The van der Waals surface area contributed by atoms with Crippen LogP contribution in [0.3, 0.4) is 0 Å². The van der Waals surface area contributed by atoms with Gasteiger partial charge >= 0.3 is 0 Å². The Morgan fingerprint density at radius 1 is 1.24 bits per heavy atom. The largest absolute Gasteiger partial charge is 0.324 e. The molecule has 0 aliphatic carbocycles. The molecule has 0 aliphatic heterocycles. The van der Waals surface area contributed by atoms with Gasteiger partial charge in [0.1, 0.15) is 0 Å². The SMILES string of the molecule is CC(C)(C)c1ccccc1-n1nnnc1CN. The number of nitrogens with two attached hydrogens (primary N) is 1. The zero-order valence-corrected chi connectivity index (χ0v) is 10.4. The molecule has 1 aromatic heterocycles. The second-order valence-electron chi connectivity index (χ2n) is 4.98. The standard InChI is InChI=1S/C12H17N5/c1-12(2,3)9-6-4-5-7-10(9)17-11(8-13)14-15-16-17/h4-7H,8,13H2,1-3H3. The Labute approximate surface area is 101 Å². The highest BCUT2D eigenvalue weighted by atomic mass is 15.5. The number of nitrogens with zero attached hydrogens (tertiary/aromatic N) is 4. The molecule has 0 amide bonds. The highest BCUT2D eigenvalue weighted by molar-refractivity contribution is 5.44. The lowest BCUT2D eigenvalue weighted by atomic mass is 9.86. The van der Waals surface area contributed by atoms with Crippen molar-refractivity contribution in [2.45, 2.75) is 32.7 Å². The first-order valence-electron chi connectivity index (χ1n) is 5.61. The smallest absolute Gasteiger partial charge is 0.170 e. The lowest BCUT2D eigenvalue weighted by molar-refractivity contribution is 0.580. The Morgan fingerprint density at radius 3 is 2.59 bits per heavy atom. The van der Waals surface area contributed by atoms with Gasteiger partial charge in [-0.25, -0.2) is 0 Å². The van der Waals surface area contributed by atoms with E-state index in [0.717, 1.165) is 5.69 Å². The molecule has 5 heteroatoms. The Kier molecular flexibility index (Phi) is 2.93. The third-order valence-corrected chi connectivity index (χ3v) is 2.66. The fraction of sp³-hybridized carbons (Fsp3) is 0.417. The van der Waals surface area contributed by atoms with E-state index >= 15 is 0 Å². The van der Waals surface area contributed by atoms with Crippen LogP contribution in [0.15, 0.2) is 24.3 Å². The van der Waals surface area contributed by atoms with Crippen LogP contribution in [-0.2, 0) is 12.0 Å². The number of aromatic nitrogens is 4. The molecule has 0 saturated heterocycles. The third-order valence-electron chi connectivity index (χ3n) is 2.66. The fourth-order valence-electron chi connectivity index (χ4n) is 1.81. The number of para-hydroxylation sites is 1. The van der Waals surface area contributed by atoms with Crippen LogP contribution < -0.4 is 5.73 Å². The number of rotatable bonds is 2. The fourth-order valence-corrected chi connectivity index (χ4v) is 1.81. The van der Waals surface area contributed by atoms with Crippen LogP contribution in [0.4, 0.5) is 0 Å². The van der Waals surface area contributed by atoms with E-state index in [1.807, 2.05) is 18.2 Å². The molecule has 0 saturated carbocycles. The zero-order valence-electron chi connectivity index (χ0n) is 10.4. The van der Waals surface area contributed by atoms with Crippen molar-refractivity contribution in [1.82, 2.24) is 20.2 Å². The molecule has 17 heavy (non-hydrogen) atoms. The Hall–Kier alpha value is -1.75. The molecule has 1 heterocycles. The van der Waals surface area contributed by atoms with Crippen molar-refractivity contribution in [2.24, 2.45) is 5.73 Å². The summed E-state index contributed by atoms with van der Waals surface area (Å²) in [6.07, 6.45) is 0. The van der Waals surface area contributed by atoms with E-state index in [2.05, 4.69) is 42.4 Å². The van der Waals surface area contributed by atoms with Crippen LogP contribution in [0.5, 0.6) is 0 Å². The summed E-state index contributed by atoms with van der Waals surface area (Å²) in [5.74, 6) is 0.668. The average molecular weight is 231 g/mol. The molecule has 0 radical (unpaired) electrons. The molecule has 0 unspecified atom stereocenters. The maximum atomic E-state index is 5.63. The molecule has 0 spiro atoms. The first-order chi connectivity index (χ1) is 8.04. The van der Waals surface area contributed by atoms with Gasteiger partial charge in [-0.05, 0) is 27.5 Å². The first-order valence-corrected chi connectivity index (χ1v) is 5.61. The van der Waals surface area contributed by atoms with E-state index in [4.69, 9.17) is 5.73 Å². The summed E-state index contributed by atoms with van der Waals surface area (Å²) < 4.78 is 1.71. The predicted octanol–water partition coefficient (Wildman–Crippen LogP) is 1.42. The molecule has 0 fully saturated rings. The maximum Gasteiger partial charge on any atom is 0.170 e. The third kappa shape index (κ3) is 2.19. The minimum absolute atomic E-state index is 0.0361. The normalized spacial score (nSPS) is 11.8. The van der Waals surface area contributed by atoms with Crippen LogP contribution in [0.1, 0.15) is 32.2 Å². The Morgan fingerprint density at radius 2 is 1.94 bits per heavy atom. The molecule has 0 atom stereocenters. The summed E-state index contributed by atoms with van der Waals surface area (Å²) >= 11 is 0. The predicted molar refractivity (Wildman–Crippen MR) is 65.7 cm³/mol. The maximum absolute atomic E-state index is 5.63. The van der Waals surface area contributed by atoms with Crippen molar-refractivity contribution in [1.29, 1.82) is 0 Å². The number of hydrogen-bond acceptors (Lipinski definition) is 4. The minimum atomic E-state index is 0.0361. The average Bonchev–Trinajstić information content (AvgIpc) is 2.75. The minimum Gasteiger partial charge on any atom is -0.324 e. The van der Waals surface area contributed by atoms with E-state index < -0.39 is 0 Å². The van der Waals surface area contributed by atoms with Crippen LogP contribution in [0.25, 0.3) is 5.69 Å². The summed E-state index contributed by atoms with van der Waals surface area (Å²) in [7, 11) is 0. The van der Waals surface area contributed by atoms with Crippen molar-refractivity contribution in [3.05, 3.63) is 35.7 Å². The molecule has 5 nitrogen and oxygen atoms in total. The van der Waals surface area contributed by atoms with E-state index in [1.54, 1.807) is 4.68 Å². The van der Waals surface area contributed by atoms with Crippen LogP contribution in [0, 0.1) is 0 Å². The molecule has 2 N–H and O–H groups in total. The summed E-state index contributed by atoms with van der Waals surface area (Å²) in [6, 6.07) is 8.11. The highest BCUT2D eigenvalue weighted by Crippen LogP contribution is 2.27. The van der Waals surface area contributed by atoms with Gasteiger partial charge in [0.25, 0.3) is 0 Å². The van der Waals surface area contributed by atoms with E-state index in [9.17, 15) is 0 Å². The zero-order chi connectivity index (χ0) is 12.5. The number of hydrogen-bond donors (Lipinski definition) is 1. The van der Waals surface area contributed by atoms with Gasteiger partial charge in [-0.1, -0.05) is 39.0 Å². The summed E-state index contributed by atoms with van der Waals surface area (Å²) in [5.41, 5.74) is 7.85. The summed E-state index contributed by atoms with van der Waals surface area (Å²) in [4.78, 5) is 0. The second-order valence-corrected chi connectivity index (χ2v) is 4.98. The van der Waals surface area contributed by atoms with Crippen molar-refractivity contribution < 1.29 is 0 Å². The van der Waals surface area contributed by atoms with Crippen LogP contribution in [-0.4, -0.2) is 20.2 Å². The highest BCUT2D eigenvalue weighted by Gasteiger charge is 2.20. The lowest BCUT2D eigenvalue weighted by Gasteiger charge is -2.22. The van der Waals surface area contributed by atoms with Gasteiger partial charge in [-0.3, -0.25) is 0 Å². The quantitative estimate of drug-likeness (QED) is 0.848. The van der Waals surface area contributed by atoms with Crippen LogP contribution in [0.2, 0.25) is 0 Å². The first kappa shape index (κ1) is 11.7. The molecular formula is C12H17N5. The van der Waals surface area contributed by atoms with Crippen LogP contribution >= 0.6 is 0 Å². The lowest BCUT2D eigenvalue weighted by Crippen LogP contribution is -2.17. The van der Waals surface area contributed by atoms with Gasteiger partial charge in [-0.15, -0.1) is 5.10 Å². The summed E-state index contributed by atoms with van der Waals surface area (Å²) in [5, 5.41) is 11.6. The number of benzene rings is 1.